The Morgan fingerprint density at radius 1 is 1.29 bits per heavy atom. The fourth-order valence-electron chi connectivity index (χ4n) is 3.17. The maximum atomic E-state index is 8.89. The minimum absolute atomic E-state index is 0.0568. The number of halogens is 1. The summed E-state index contributed by atoms with van der Waals surface area (Å²) in [4.78, 5) is 8.90. The molecule has 28 heavy (non-hydrogen) atoms. The highest BCUT2D eigenvalue weighted by molar-refractivity contribution is 6.30. The van der Waals surface area contributed by atoms with Crippen LogP contribution in [0.5, 0.6) is 0 Å². The molecule has 7 nitrogen and oxygen atoms in total. The van der Waals surface area contributed by atoms with Crippen molar-refractivity contribution in [2.24, 2.45) is 11.6 Å². The average molecular weight is 398 g/mol. The number of nitrogens with zero attached hydrogens (tertiary/aromatic N) is 5. The summed E-state index contributed by atoms with van der Waals surface area (Å²) < 4.78 is 0. The highest BCUT2D eigenvalue weighted by Gasteiger charge is 2.23. The first kappa shape index (κ1) is 20.0. The minimum atomic E-state index is 0.0568. The van der Waals surface area contributed by atoms with Gasteiger partial charge in [0.2, 0.25) is 0 Å². The predicted octanol–water partition coefficient (Wildman–Crippen LogP) is 2.30. The van der Waals surface area contributed by atoms with E-state index >= 15 is 0 Å². The van der Waals surface area contributed by atoms with Crippen molar-refractivity contribution in [1.82, 2.24) is 9.88 Å². The number of benzene rings is 1. The molecule has 0 aliphatic carbocycles. The second kappa shape index (κ2) is 8.93. The normalized spacial score (nSPS) is 16.5. The first-order valence-corrected chi connectivity index (χ1v) is 9.47. The zero-order chi connectivity index (χ0) is 20.1. The number of aromatic nitrogens is 1. The summed E-state index contributed by atoms with van der Waals surface area (Å²) in [7, 11) is 0. The lowest BCUT2D eigenvalue weighted by Gasteiger charge is -2.38. The molecule has 4 N–H and O–H groups in total. The van der Waals surface area contributed by atoms with E-state index in [1.54, 1.807) is 30.6 Å². The lowest BCUT2D eigenvalue weighted by molar-refractivity contribution is 0.218. The van der Waals surface area contributed by atoms with Gasteiger partial charge in [-0.15, -0.1) is 0 Å². The lowest BCUT2D eigenvalue weighted by Crippen LogP contribution is -2.51. The van der Waals surface area contributed by atoms with Crippen molar-refractivity contribution in [3.63, 3.8) is 0 Å². The second-order valence-electron chi connectivity index (χ2n) is 6.73. The summed E-state index contributed by atoms with van der Waals surface area (Å²) in [5.74, 6) is 7.01. The third-order valence-electron chi connectivity index (χ3n) is 4.94. The van der Waals surface area contributed by atoms with Gasteiger partial charge in [0, 0.05) is 55.3 Å². The molecule has 8 heteroatoms. The SMILES string of the molecule is CC(/C(N)=C/N(N)c1cccc(Cl)c1)N1CCN(c2ccc(C#N)cn2)CC1. The maximum absolute atomic E-state index is 8.89. The van der Waals surface area contributed by atoms with E-state index in [0.717, 1.165) is 37.7 Å². The van der Waals surface area contributed by atoms with Crippen molar-refractivity contribution < 1.29 is 0 Å². The molecule has 2 heterocycles. The van der Waals surface area contributed by atoms with E-state index in [9.17, 15) is 0 Å². The van der Waals surface area contributed by atoms with E-state index < -0.39 is 0 Å². The van der Waals surface area contributed by atoms with Crippen LogP contribution in [0.4, 0.5) is 11.5 Å². The van der Waals surface area contributed by atoms with Crippen LogP contribution in [0.1, 0.15) is 12.5 Å². The molecule has 146 valence electrons. The molecule has 0 spiro atoms. The summed E-state index contributed by atoms with van der Waals surface area (Å²) in [6.07, 6.45) is 3.35. The number of nitriles is 1. The summed E-state index contributed by atoms with van der Waals surface area (Å²) in [5.41, 5.74) is 8.34. The van der Waals surface area contributed by atoms with Gasteiger partial charge < -0.3 is 10.6 Å². The Morgan fingerprint density at radius 3 is 2.64 bits per heavy atom. The molecule has 1 fully saturated rings. The minimum Gasteiger partial charge on any atom is -0.400 e. The molecule has 1 unspecified atom stereocenters. The molecule has 1 saturated heterocycles. The van der Waals surface area contributed by atoms with Crippen molar-refractivity contribution >= 4 is 23.1 Å². The lowest BCUT2D eigenvalue weighted by atomic mass is 10.1. The molecule has 0 bridgehead atoms. The van der Waals surface area contributed by atoms with Crippen LogP contribution in [0.2, 0.25) is 5.02 Å². The summed E-state index contributed by atoms with van der Waals surface area (Å²) in [6.45, 7) is 5.49. The second-order valence-corrected chi connectivity index (χ2v) is 7.17. The van der Waals surface area contributed by atoms with Gasteiger partial charge in [0.25, 0.3) is 0 Å². The Morgan fingerprint density at radius 2 is 2.04 bits per heavy atom. The number of hydrogen-bond donors (Lipinski definition) is 2. The summed E-state index contributed by atoms with van der Waals surface area (Å²) in [6, 6.07) is 13.2. The zero-order valence-corrected chi connectivity index (χ0v) is 16.5. The van der Waals surface area contributed by atoms with Crippen molar-refractivity contribution in [2.75, 3.05) is 36.1 Å². The van der Waals surface area contributed by atoms with Gasteiger partial charge in [-0.1, -0.05) is 17.7 Å². The molecule has 3 rings (SSSR count). The Labute approximate surface area is 170 Å². The standard InChI is InChI=1S/C20H24ClN7/c1-15(19(23)14-28(24)18-4-2-3-17(21)11-18)26-7-9-27(10-8-26)20-6-5-16(12-22)13-25-20/h2-6,11,13-15H,7-10,23-24H2,1H3/b19-14-. The third-order valence-corrected chi connectivity index (χ3v) is 5.17. The van der Waals surface area contributed by atoms with Crippen LogP contribution in [0, 0.1) is 11.3 Å². The molecule has 1 aromatic heterocycles. The fourth-order valence-corrected chi connectivity index (χ4v) is 3.35. The molecular weight excluding hydrogens is 374 g/mol. The highest BCUT2D eigenvalue weighted by Crippen LogP contribution is 2.20. The van der Waals surface area contributed by atoms with E-state index in [1.165, 1.54) is 5.01 Å². The van der Waals surface area contributed by atoms with Crippen LogP contribution >= 0.6 is 11.6 Å². The zero-order valence-electron chi connectivity index (χ0n) is 15.8. The first-order valence-electron chi connectivity index (χ1n) is 9.10. The molecule has 1 aliphatic rings. The van der Waals surface area contributed by atoms with Crippen LogP contribution in [-0.2, 0) is 0 Å². The molecule has 0 amide bonds. The quantitative estimate of drug-likeness (QED) is 0.589. The van der Waals surface area contributed by atoms with E-state index in [1.807, 2.05) is 18.2 Å². The predicted molar refractivity (Wildman–Crippen MR) is 113 cm³/mol. The van der Waals surface area contributed by atoms with Crippen LogP contribution in [0.3, 0.4) is 0 Å². The van der Waals surface area contributed by atoms with Gasteiger partial charge in [-0.05, 0) is 37.3 Å². The summed E-state index contributed by atoms with van der Waals surface area (Å²) >= 11 is 6.02. The topological polar surface area (TPSA) is 98.4 Å². The molecule has 1 atom stereocenters. The first-order chi connectivity index (χ1) is 13.5. The highest BCUT2D eigenvalue weighted by atomic mass is 35.5. The molecule has 1 aromatic carbocycles. The molecular formula is C20H24ClN7. The van der Waals surface area contributed by atoms with Gasteiger partial charge in [-0.3, -0.25) is 9.91 Å². The summed E-state index contributed by atoms with van der Waals surface area (Å²) in [5, 5.41) is 11.0. The molecule has 1 aliphatic heterocycles. The van der Waals surface area contributed by atoms with Crippen molar-refractivity contribution in [1.29, 1.82) is 5.26 Å². The van der Waals surface area contributed by atoms with Crippen LogP contribution in [0.25, 0.3) is 0 Å². The number of pyridine rings is 1. The Balaban J connectivity index is 1.59. The number of anilines is 2. The van der Waals surface area contributed by atoms with E-state index in [2.05, 4.69) is 27.8 Å². The van der Waals surface area contributed by atoms with Gasteiger partial charge >= 0.3 is 0 Å². The third kappa shape index (κ3) is 4.73. The van der Waals surface area contributed by atoms with Gasteiger partial charge in [0.15, 0.2) is 0 Å². The van der Waals surface area contributed by atoms with Crippen LogP contribution in [-0.4, -0.2) is 42.1 Å². The van der Waals surface area contributed by atoms with Gasteiger partial charge in [-0.25, -0.2) is 10.8 Å². The van der Waals surface area contributed by atoms with Gasteiger partial charge in [0.1, 0.15) is 11.9 Å². The van der Waals surface area contributed by atoms with Crippen molar-refractivity contribution in [3.8, 4) is 6.07 Å². The molecule has 0 radical (unpaired) electrons. The number of nitrogens with two attached hydrogens (primary N) is 2. The Kier molecular flexibility index (Phi) is 6.37. The average Bonchev–Trinajstić information content (AvgIpc) is 2.73. The maximum Gasteiger partial charge on any atom is 0.128 e. The number of rotatable bonds is 5. The van der Waals surface area contributed by atoms with E-state index in [4.69, 9.17) is 28.4 Å². The Hall–Kier alpha value is -2.79. The van der Waals surface area contributed by atoms with Gasteiger partial charge in [-0.2, -0.15) is 5.26 Å². The Bertz CT molecular complexity index is 867. The van der Waals surface area contributed by atoms with Crippen LogP contribution in [0.15, 0.2) is 54.5 Å². The van der Waals surface area contributed by atoms with E-state index in [-0.39, 0.29) is 6.04 Å². The molecule has 0 saturated carbocycles. The van der Waals surface area contributed by atoms with Crippen LogP contribution < -0.4 is 21.5 Å². The largest absolute Gasteiger partial charge is 0.400 e. The smallest absolute Gasteiger partial charge is 0.128 e. The van der Waals surface area contributed by atoms with Crippen molar-refractivity contribution in [3.05, 3.63) is 65.1 Å². The van der Waals surface area contributed by atoms with Gasteiger partial charge in [0.05, 0.1) is 11.3 Å². The van der Waals surface area contributed by atoms with Crippen molar-refractivity contribution in [2.45, 2.75) is 13.0 Å². The number of hydrogen-bond acceptors (Lipinski definition) is 7. The molecule has 2 aromatic rings. The number of hydrazine groups is 1. The monoisotopic (exact) mass is 397 g/mol. The fraction of sp³-hybridized carbons (Fsp3) is 0.300. The number of piperazine rings is 1. The van der Waals surface area contributed by atoms with E-state index in [0.29, 0.717) is 16.3 Å².